The molecule has 0 saturated carbocycles. The Labute approximate surface area is 122 Å². The first-order valence-electron chi connectivity index (χ1n) is 7.16. The predicted molar refractivity (Wildman–Crippen MR) is 74.4 cm³/mol. The average molecular weight is 301 g/mol. The maximum atomic E-state index is 13.5. The van der Waals surface area contributed by atoms with Gasteiger partial charge in [0, 0.05) is 0 Å². The highest BCUT2D eigenvalue weighted by atomic mass is 19.4. The normalized spacial score (nSPS) is 18.0. The van der Waals surface area contributed by atoms with Crippen molar-refractivity contribution in [2.45, 2.75) is 44.3 Å². The summed E-state index contributed by atoms with van der Waals surface area (Å²) in [5.41, 5.74) is 0.123. The molecule has 1 aromatic carbocycles. The van der Waals surface area contributed by atoms with Gasteiger partial charge in [-0.2, -0.15) is 13.2 Å². The van der Waals surface area contributed by atoms with E-state index in [-0.39, 0.29) is 5.56 Å². The number of rotatable bonds is 3. The summed E-state index contributed by atoms with van der Waals surface area (Å²) in [6.07, 6.45) is 2.22. The third kappa shape index (κ3) is 3.84. The van der Waals surface area contributed by atoms with Gasteiger partial charge in [-0.05, 0) is 56.5 Å². The van der Waals surface area contributed by atoms with Crippen LogP contribution in [-0.4, -0.2) is 7.05 Å². The van der Waals surface area contributed by atoms with Gasteiger partial charge in [0.15, 0.2) is 0 Å². The van der Waals surface area contributed by atoms with Crippen molar-refractivity contribution < 1.29 is 17.6 Å². The van der Waals surface area contributed by atoms with E-state index in [4.69, 9.17) is 0 Å². The first-order chi connectivity index (χ1) is 9.93. The summed E-state index contributed by atoms with van der Waals surface area (Å²) >= 11 is 0. The number of hydrogen-bond donors (Lipinski definition) is 1. The van der Waals surface area contributed by atoms with E-state index in [1.807, 2.05) is 6.08 Å². The van der Waals surface area contributed by atoms with Crippen LogP contribution < -0.4 is 5.32 Å². The summed E-state index contributed by atoms with van der Waals surface area (Å²) < 4.78 is 52.9. The maximum absolute atomic E-state index is 13.5. The highest BCUT2D eigenvalue weighted by Crippen LogP contribution is 2.38. The van der Waals surface area contributed by atoms with E-state index in [9.17, 15) is 17.6 Å². The molecule has 0 bridgehead atoms. The first-order valence-corrected chi connectivity index (χ1v) is 7.16. The lowest BCUT2D eigenvalue weighted by Crippen LogP contribution is -2.23. The van der Waals surface area contributed by atoms with E-state index in [2.05, 4.69) is 5.32 Å². The van der Waals surface area contributed by atoms with Crippen LogP contribution in [0.5, 0.6) is 0 Å². The molecule has 21 heavy (non-hydrogen) atoms. The Balaban J connectivity index is 2.46. The van der Waals surface area contributed by atoms with Gasteiger partial charge in [0.25, 0.3) is 0 Å². The van der Waals surface area contributed by atoms with Crippen molar-refractivity contribution in [2.75, 3.05) is 7.05 Å². The molecule has 0 aromatic heterocycles. The van der Waals surface area contributed by atoms with E-state index >= 15 is 0 Å². The molecule has 1 aromatic rings. The molecule has 0 spiro atoms. The van der Waals surface area contributed by atoms with Crippen LogP contribution in [-0.2, 0) is 6.18 Å². The second-order valence-electron chi connectivity index (χ2n) is 5.33. The molecule has 1 atom stereocenters. The Morgan fingerprint density at radius 2 is 1.90 bits per heavy atom. The van der Waals surface area contributed by atoms with Gasteiger partial charge in [0.1, 0.15) is 5.82 Å². The Hall–Kier alpha value is -1.36. The molecule has 0 aliphatic heterocycles. The van der Waals surface area contributed by atoms with Crippen LogP contribution in [0.4, 0.5) is 17.6 Å². The molecular weight excluding hydrogens is 282 g/mol. The highest BCUT2D eigenvalue weighted by molar-refractivity contribution is 5.38. The molecule has 2 rings (SSSR count). The summed E-state index contributed by atoms with van der Waals surface area (Å²) in [5, 5.41) is 2.92. The minimum Gasteiger partial charge on any atom is -0.310 e. The molecule has 0 radical (unpaired) electrons. The summed E-state index contributed by atoms with van der Waals surface area (Å²) in [6.45, 7) is 0. The molecule has 0 heterocycles. The molecule has 1 N–H and O–H groups in total. The third-order valence-corrected chi connectivity index (χ3v) is 3.87. The number of alkyl halides is 3. The number of halogens is 4. The molecule has 1 nitrogen and oxygen atoms in total. The molecule has 5 heteroatoms. The highest BCUT2D eigenvalue weighted by Gasteiger charge is 2.35. The van der Waals surface area contributed by atoms with Gasteiger partial charge in [-0.1, -0.05) is 18.1 Å². The van der Waals surface area contributed by atoms with E-state index in [1.165, 1.54) is 0 Å². The van der Waals surface area contributed by atoms with Gasteiger partial charge in [0.05, 0.1) is 11.6 Å². The Morgan fingerprint density at radius 1 is 1.14 bits per heavy atom. The van der Waals surface area contributed by atoms with Crippen LogP contribution in [0.1, 0.15) is 49.3 Å². The monoisotopic (exact) mass is 301 g/mol. The lowest BCUT2D eigenvalue weighted by molar-refractivity contribution is -0.138. The van der Waals surface area contributed by atoms with Crippen molar-refractivity contribution in [1.29, 1.82) is 0 Å². The van der Waals surface area contributed by atoms with Gasteiger partial charge in [0.2, 0.25) is 0 Å². The second kappa shape index (κ2) is 6.60. The van der Waals surface area contributed by atoms with Crippen molar-refractivity contribution >= 4 is 0 Å². The van der Waals surface area contributed by atoms with E-state index < -0.39 is 23.6 Å². The van der Waals surface area contributed by atoms with Gasteiger partial charge in [-0.25, -0.2) is 4.39 Å². The topological polar surface area (TPSA) is 12.0 Å². The summed E-state index contributed by atoms with van der Waals surface area (Å²) in [7, 11) is 1.61. The van der Waals surface area contributed by atoms with Crippen molar-refractivity contribution in [3.63, 3.8) is 0 Å². The van der Waals surface area contributed by atoms with Crippen molar-refractivity contribution in [1.82, 2.24) is 5.32 Å². The first kappa shape index (κ1) is 16.0. The SMILES string of the molecule is CNC(C1=CCCCCC1)c1cc(F)ccc1C(F)(F)F. The van der Waals surface area contributed by atoms with Crippen LogP contribution in [0, 0.1) is 5.82 Å². The number of nitrogens with one attached hydrogen (secondary N) is 1. The van der Waals surface area contributed by atoms with Gasteiger partial charge in [-0.3, -0.25) is 0 Å². The summed E-state index contributed by atoms with van der Waals surface area (Å²) in [5.74, 6) is -0.646. The Morgan fingerprint density at radius 3 is 2.57 bits per heavy atom. The van der Waals surface area contributed by atoms with Gasteiger partial charge in [-0.15, -0.1) is 0 Å². The fraction of sp³-hybridized carbons (Fsp3) is 0.500. The average Bonchev–Trinajstić information content (AvgIpc) is 2.67. The molecule has 1 aliphatic rings. The molecule has 0 fully saturated rings. The number of benzene rings is 1. The fourth-order valence-electron chi connectivity index (χ4n) is 2.87. The lowest BCUT2D eigenvalue weighted by atomic mass is 9.91. The largest absolute Gasteiger partial charge is 0.416 e. The summed E-state index contributed by atoms with van der Waals surface area (Å²) in [4.78, 5) is 0. The minimum absolute atomic E-state index is 0.0295. The molecule has 0 amide bonds. The zero-order chi connectivity index (χ0) is 15.5. The van der Waals surface area contributed by atoms with Crippen molar-refractivity contribution in [2.24, 2.45) is 0 Å². The molecular formula is C16H19F4N. The lowest BCUT2D eigenvalue weighted by Gasteiger charge is -2.24. The quantitative estimate of drug-likeness (QED) is 0.612. The Bertz CT molecular complexity index is 519. The van der Waals surface area contributed by atoms with E-state index in [1.54, 1.807) is 7.05 Å². The number of allylic oxidation sites excluding steroid dienone is 1. The fourth-order valence-corrected chi connectivity index (χ4v) is 2.87. The number of likely N-dealkylation sites (N-methyl/N-ethyl adjacent to an activating group) is 1. The number of hydrogen-bond acceptors (Lipinski definition) is 1. The Kier molecular flexibility index (Phi) is 5.04. The minimum atomic E-state index is -4.48. The molecule has 1 unspecified atom stereocenters. The van der Waals surface area contributed by atoms with E-state index in [0.29, 0.717) is 0 Å². The molecule has 116 valence electrons. The van der Waals surface area contributed by atoms with Crippen molar-refractivity contribution in [3.8, 4) is 0 Å². The zero-order valence-corrected chi connectivity index (χ0v) is 11.9. The standard InChI is InChI=1S/C16H19F4N/c1-21-15(11-6-4-2-3-5-7-11)13-10-12(17)8-9-14(13)16(18,19)20/h6,8-10,15,21H,2-5,7H2,1H3. The molecule has 1 aliphatic carbocycles. The van der Waals surface area contributed by atoms with E-state index in [0.717, 1.165) is 55.9 Å². The smallest absolute Gasteiger partial charge is 0.310 e. The van der Waals surface area contributed by atoms with Crippen LogP contribution in [0.3, 0.4) is 0 Å². The third-order valence-electron chi connectivity index (χ3n) is 3.87. The van der Waals surface area contributed by atoms with Crippen LogP contribution in [0.25, 0.3) is 0 Å². The van der Waals surface area contributed by atoms with Crippen LogP contribution in [0.2, 0.25) is 0 Å². The van der Waals surface area contributed by atoms with Crippen LogP contribution in [0.15, 0.2) is 29.8 Å². The second-order valence-corrected chi connectivity index (χ2v) is 5.33. The van der Waals surface area contributed by atoms with Crippen LogP contribution >= 0.6 is 0 Å². The zero-order valence-electron chi connectivity index (χ0n) is 11.9. The maximum Gasteiger partial charge on any atom is 0.416 e. The van der Waals surface area contributed by atoms with Gasteiger partial charge >= 0.3 is 6.18 Å². The van der Waals surface area contributed by atoms with Gasteiger partial charge < -0.3 is 5.32 Å². The summed E-state index contributed by atoms with van der Waals surface area (Å²) in [6, 6.07) is 2.10. The molecule has 0 saturated heterocycles. The van der Waals surface area contributed by atoms with Crippen molar-refractivity contribution in [3.05, 3.63) is 46.8 Å². The predicted octanol–water partition coefficient (Wildman–Crippen LogP) is 5.00.